The predicted octanol–water partition coefficient (Wildman–Crippen LogP) is 4.08. The van der Waals surface area contributed by atoms with Crippen LogP contribution in [0.1, 0.15) is 43.7 Å². The summed E-state index contributed by atoms with van der Waals surface area (Å²) in [4.78, 5) is 46.3. The van der Waals surface area contributed by atoms with Crippen molar-refractivity contribution in [3.8, 4) is 0 Å². The molecule has 1 spiro atoms. The molecular weight excluding hydrogens is 544 g/mol. The van der Waals surface area contributed by atoms with Gasteiger partial charge in [-0.3, -0.25) is 14.4 Å². The summed E-state index contributed by atoms with van der Waals surface area (Å²) in [5.74, 6) is -2.83. The zero-order chi connectivity index (χ0) is 30.6. The number of nitrogens with zero attached hydrogens (tertiary/aromatic N) is 2. The molecule has 2 aromatic rings. The minimum Gasteiger partial charge on any atom is -0.465 e. The molecule has 5 rings (SSSR count). The highest BCUT2D eigenvalue weighted by Crippen LogP contribution is 2.65. The standard InChI is InChI=1S/C35H42N2O6/c1-4-7-21-42-33(41)29-28-31(39)37(27(24-38)22-25-14-10-8-11-15-25)30(35(28)19-18-34(29,6-3)43-35)32(40)36(20-5-2)23-26-16-12-9-13-17-26/h4-5,8-17,27-30,38H,1-2,6-7,18-24H2,3H3/t27-,28+,29-,30?,34+,35?/m1/s1. The minimum atomic E-state index is -1.22. The first-order valence-corrected chi connectivity index (χ1v) is 15.2. The second kappa shape index (κ2) is 12.9. The third-order valence-corrected chi connectivity index (χ3v) is 9.47. The summed E-state index contributed by atoms with van der Waals surface area (Å²) in [6.45, 7) is 9.94. The molecule has 0 saturated carbocycles. The van der Waals surface area contributed by atoms with Crippen LogP contribution in [0.15, 0.2) is 86.0 Å². The molecule has 0 aromatic heterocycles. The first kappa shape index (κ1) is 30.7. The van der Waals surface area contributed by atoms with Crippen LogP contribution < -0.4 is 0 Å². The van der Waals surface area contributed by atoms with Crippen LogP contribution in [0.2, 0.25) is 0 Å². The molecule has 2 unspecified atom stereocenters. The molecule has 3 aliphatic heterocycles. The molecule has 1 N–H and O–H groups in total. The number of hydrogen-bond donors (Lipinski definition) is 1. The molecule has 3 aliphatic rings. The van der Waals surface area contributed by atoms with Crippen molar-refractivity contribution in [3.63, 3.8) is 0 Å². The van der Waals surface area contributed by atoms with Gasteiger partial charge in [-0.25, -0.2) is 0 Å². The molecule has 228 valence electrons. The minimum absolute atomic E-state index is 0.163. The number of likely N-dealkylation sites (tertiary alicyclic amines) is 1. The van der Waals surface area contributed by atoms with E-state index in [0.717, 1.165) is 11.1 Å². The van der Waals surface area contributed by atoms with E-state index in [2.05, 4.69) is 13.2 Å². The van der Waals surface area contributed by atoms with Gasteiger partial charge in [-0.05, 0) is 43.2 Å². The van der Waals surface area contributed by atoms with Crippen molar-refractivity contribution >= 4 is 17.8 Å². The van der Waals surface area contributed by atoms with Crippen LogP contribution in [-0.2, 0) is 36.8 Å². The zero-order valence-electron chi connectivity index (χ0n) is 24.9. The second-order valence-electron chi connectivity index (χ2n) is 11.8. The monoisotopic (exact) mass is 586 g/mol. The Morgan fingerprint density at radius 2 is 1.77 bits per heavy atom. The molecule has 0 aliphatic carbocycles. The summed E-state index contributed by atoms with van der Waals surface area (Å²) in [6.07, 6.45) is 5.69. The van der Waals surface area contributed by atoms with Gasteiger partial charge in [0.2, 0.25) is 11.8 Å². The second-order valence-corrected chi connectivity index (χ2v) is 11.8. The number of hydrogen-bond acceptors (Lipinski definition) is 6. The third-order valence-electron chi connectivity index (χ3n) is 9.47. The number of amides is 2. The number of aliphatic hydroxyl groups is 1. The number of ether oxygens (including phenoxy) is 2. The lowest BCUT2D eigenvalue weighted by Gasteiger charge is -2.39. The van der Waals surface area contributed by atoms with E-state index < -0.39 is 41.1 Å². The molecule has 3 heterocycles. The molecule has 0 radical (unpaired) electrons. The van der Waals surface area contributed by atoms with Crippen LogP contribution in [0.5, 0.6) is 0 Å². The summed E-state index contributed by atoms with van der Waals surface area (Å²) in [7, 11) is 0. The molecule has 2 aromatic carbocycles. The van der Waals surface area contributed by atoms with Crippen LogP contribution >= 0.6 is 0 Å². The average Bonchev–Trinajstić information content (AvgIpc) is 3.64. The summed E-state index contributed by atoms with van der Waals surface area (Å²) in [5, 5.41) is 10.7. The van der Waals surface area contributed by atoms with Crippen LogP contribution in [0.25, 0.3) is 0 Å². The number of aliphatic hydroxyl groups excluding tert-OH is 1. The van der Waals surface area contributed by atoms with E-state index in [4.69, 9.17) is 9.47 Å². The van der Waals surface area contributed by atoms with Gasteiger partial charge in [0.25, 0.3) is 0 Å². The largest absolute Gasteiger partial charge is 0.465 e. The molecule has 6 atom stereocenters. The van der Waals surface area contributed by atoms with Gasteiger partial charge in [0.15, 0.2) is 0 Å². The van der Waals surface area contributed by atoms with Crippen molar-refractivity contribution in [3.05, 3.63) is 97.1 Å². The van der Waals surface area contributed by atoms with E-state index in [1.807, 2.05) is 67.6 Å². The Kier molecular flexibility index (Phi) is 9.18. The number of carbonyl (C=O) groups excluding carboxylic acids is 3. The summed E-state index contributed by atoms with van der Waals surface area (Å²) in [5.41, 5.74) is -0.242. The number of benzene rings is 2. The van der Waals surface area contributed by atoms with Gasteiger partial charge in [-0.1, -0.05) is 79.7 Å². The average molecular weight is 587 g/mol. The lowest BCUT2D eigenvalue weighted by molar-refractivity contribution is -0.163. The summed E-state index contributed by atoms with van der Waals surface area (Å²) >= 11 is 0. The maximum absolute atomic E-state index is 14.8. The fourth-order valence-electron chi connectivity index (χ4n) is 7.52. The normalized spacial score (nSPS) is 27.9. The van der Waals surface area contributed by atoms with Gasteiger partial charge in [0.1, 0.15) is 17.6 Å². The lowest BCUT2D eigenvalue weighted by Crippen LogP contribution is -2.59. The molecule has 43 heavy (non-hydrogen) atoms. The number of esters is 1. The van der Waals surface area contributed by atoms with E-state index in [1.165, 1.54) is 4.90 Å². The topological polar surface area (TPSA) is 96.4 Å². The van der Waals surface area contributed by atoms with Gasteiger partial charge in [0, 0.05) is 13.1 Å². The number of fused-ring (bicyclic) bond motifs is 1. The SMILES string of the molecule is C=CCCOC(=O)[C@H]1[C@H]2C(=O)N([C@@H](CO)Cc3ccccc3)C(C(=O)N(CC=C)Cc3ccccc3)C23CC[C@]1(CC)O3. The lowest BCUT2D eigenvalue weighted by atomic mass is 9.65. The Bertz CT molecular complexity index is 1330. The quantitative estimate of drug-likeness (QED) is 0.204. The first-order chi connectivity index (χ1) is 20.9. The highest BCUT2D eigenvalue weighted by atomic mass is 16.6. The van der Waals surface area contributed by atoms with Crippen LogP contribution in [-0.4, -0.2) is 75.7 Å². The molecule has 2 bridgehead atoms. The summed E-state index contributed by atoms with van der Waals surface area (Å²) < 4.78 is 12.5. The Hall–Kier alpha value is -3.75. The van der Waals surface area contributed by atoms with Gasteiger partial charge >= 0.3 is 5.97 Å². The molecular formula is C35H42N2O6. The van der Waals surface area contributed by atoms with Gasteiger partial charge in [-0.2, -0.15) is 0 Å². The molecule has 8 nitrogen and oxygen atoms in total. The molecule has 3 saturated heterocycles. The van der Waals surface area contributed by atoms with Crippen molar-refractivity contribution in [2.75, 3.05) is 19.8 Å². The first-order valence-electron chi connectivity index (χ1n) is 15.2. The Balaban J connectivity index is 1.58. The Morgan fingerprint density at radius 3 is 2.37 bits per heavy atom. The van der Waals surface area contributed by atoms with Crippen LogP contribution in [0.4, 0.5) is 0 Å². The predicted molar refractivity (Wildman–Crippen MR) is 163 cm³/mol. The van der Waals surface area contributed by atoms with E-state index >= 15 is 0 Å². The van der Waals surface area contributed by atoms with E-state index in [-0.39, 0.29) is 31.6 Å². The third kappa shape index (κ3) is 5.43. The smallest absolute Gasteiger partial charge is 0.312 e. The number of carbonyl (C=O) groups is 3. The fourth-order valence-corrected chi connectivity index (χ4v) is 7.52. The molecule has 2 amide bonds. The van der Waals surface area contributed by atoms with Gasteiger partial charge < -0.3 is 24.4 Å². The zero-order valence-corrected chi connectivity index (χ0v) is 24.9. The van der Waals surface area contributed by atoms with Gasteiger partial charge in [0.05, 0.1) is 30.8 Å². The maximum atomic E-state index is 14.8. The summed E-state index contributed by atoms with van der Waals surface area (Å²) in [6, 6.07) is 17.5. The fraction of sp³-hybridized carbons (Fsp3) is 0.457. The van der Waals surface area contributed by atoms with Crippen molar-refractivity contribution in [2.24, 2.45) is 11.8 Å². The maximum Gasteiger partial charge on any atom is 0.312 e. The van der Waals surface area contributed by atoms with Gasteiger partial charge in [-0.15, -0.1) is 13.2 Å². The highest BCUT2D eigenvalue weighted by Gasteiger charge is 2.79. The highest BCUT2D eigenvalue weighted by molar-refractivity contribution is 5.98. The van der Waals surface area contributed by atoms with E-state index in [1.54, 1.807) is 17.1 Å². The molecule has 8 heteroatoms. The molecule has 3 fully saturated rings. The Morgan fingerprint density at radius 1 is 1.09 bits per heavy atom. The van der Waals surface area contributed by atoms with Crippen molar-refractivity contribution in [1.29, 1.82) is 0 Å². The number of rotatable bonds is 14. The van der Waals surface area contributed by atoms with Crippen molar-refractivity contribution in [2.45, 2.75) is 68.9 Å². The van der Waals surface area contributed by atoms with E-state index in [0.29, 0.717) is 38.6 Å². The van der Waals surface area contributed by atoms with Crippen LogP contribution in [0, 0.1) is 11.8 Å². The van der Waals surface area contributed by atoms with Crippen molar-refractivity contribution in [1.82, 2.24) is 9.80 Å². The van der Waals surface area contributed by atoms with Crippen molar-refractivity contribution < 1.29 is 29.0 Å². The Labute approximate surface area is 254 Å². The van der Waals surface area contributed by atoms with Crippen LogP contribution in [0.3, 0.4) is 0 Å². The van der Waals surface area contributed by atoms with E-state index in [9.17, 15) is 19.5 Å².